The second kappa shape index (κ2) is 4.24. The fourth-order valence-corrected chi connectivity index (χ4v) is 1.75. The normalized spacial score (nSPS) is 19.7. The molecule has 3 N–H and O–H groups in total. The van der Waals surface area contributed by atoms with Crippen molar-refractivity contribution in [1.82, 2.24) is 10.2 Å². The molecule has 1 aliphatic heterocycles. The summed E-state index contributed by atoms with van der Waals surface area (Å²) in [7, 11) is -4.51. The summed E-state index contributed by atoms with van der Waals surface area (Å²) in [4.78, 5) is 30.1. The molecule has 7 heteroatoms. The fourth-order valence-electron chi connectivity index (χ4n) is 1.26. The molecule has 0 aromatic rings. The summed E-state index contributed by atoms with van der Waals surface area (Å²) in [5, 5.41) is 2.61. The number of hydrogen-bond donors (Lipinski definition) is 3. The molecule has 1 saturated heterocycles. The van der Waals surface area contributed by atoms with Gasteiger partial charge in [0.05, 0.1) is 0 Å². The van der Waals surface area contributed by atoms with Gasteiger partial charge in [-0.3, -0.25) is 0 Å². The Labute approximate surface area is 83.0 Å². The first kappa shape index (κ1) is 11.4. The van der Waals surface area contributed by atoms with E-state index >= 15 is 0 Å². The zero-order valence-electron chi connectivity index (χ0n) is 8.03. The number of carbonyl (C=O) groups excluding carboxylic acids is 1. The number of carbonyl (C=O) groups is 1. The maximum Gasteiger partial charge on any atom is 0.537 e. The largest absolute Gasteiger partial charge is 0.537 e. The predicted octanol–water partition coefficient (Wildman–Crippen LogP) is -0.315. The van der Waals surface area contributed by atoms with E-state index in [1.54, 1.807) is 0 Å². The number of nitrogens with zero attached hydrogens (tertiary/aromatic N) is 1. The van der Waals surface area contributed by atoms with Crippen molar-refractivity contribution < 1.29 is 18.5 Å². The van der Waals surface area contributed by atoms with Crippen LogP contribution in [0.4, 0.5) is 8.90 Å². The molecular weight excluding hydrogens is 207 g/mol. The molecule has 0 bridgehead atoms. The lowest BCUT2D eigenvalue weighted by molar-refractivity contribution is 0.213. The highest BCUT2D eigenvalue weighted by atomic mass is 28.4. The molecule has 2 amide bonds. The Kier molecular flexibility index (Phi) is 3.46. The summed E-state index contributed by atoms with van der Waals surface area (Å²) in [6, 6.07) is -0.167. The Bertz CT molecular complexity index is 221. The molecule has 0 aliphatic carbocycles. The molecule has 5 nitrogen and oxygen atoms in total. The van der Waals surface area contributed by atoms with Gasteiger partial charge in [-0.1, -0.05) is 6.92 Å². The summed E-state index contributed by atoms with van der Waals surface area (Å²) < 4.78 is 12.7. The lowest BCUT2D eigenvalue weighted by atomic mass is 10.3. The third-order valence-electron chi connectivity index (χ3n) is 2.40. The van der Waals surface area contributed by atoms with Crippen LogP contribution in [0.15, 0.2) is 0 Å². The van der Waals surface area contributed by atoms with Crippen LogP contribution in [0.3, 0.4) is 0 Å². The molecule has 1 fully saturated rings. The molecule has 1 aliphatic rings. The van der Waals surface area contributed by atoms with Crippen LogP contribution in [0.5, 0.6) is 0 Å². The van der Waals surface area contributed by atoms with Crippen LogP contribution in [-0.4, -0.2) is 49.1 Å². The first-order chi connectivity index (χ1) is 6.41. The van der Waals surface area contributed by atoms with E-state index in [1.807, 2.05) is 0 Å². The summed E-state index contributed by atoms with van der Waals surface area (Å²) in [6.45, 7) is 3.01. The Balaban J connectivity index is 2.30. The zero-order chi connectivity index (χ0) is 10.8. The third kappa shape index (κ3) is 2.93. The van der Waals surface area contributed by atoms with Crippen molar-refractivity contribution >= 4 is 14.9 Å². The Hall–Kier alpha value is -0.663. The van der Waals surface area contributed by atoms with Gasteiger partial charge >= 0.3 is 14.9 Å². The monoisotopic (exact) mass is 222 g/mol. The van der Waals surface area contributed by atoms with Crippen LogP contribution in [0.1, 0.15) is 13.3 Å². The van der Waals surface area contributed by atoms with Gasteiger partial charge in [0.1, 0.15) is 0 Å². The van der Waals surface area contributed by atoms with Crippen LogP contribution in [0, 0.1) is 0 Å². The second-order valence-electron chi connectivity index (χ2n) is 3.55. The number of nitrogens with one attached hydrogen (secondary N) is 1. The van der Waals surface area contributed by atoms with E-state index in [0.29, 0.717) is 19.6 Å². The van der Waals surface area contributed by atoms with E-state index in [9.17, 15) is 8.90 Å². The number of hydrogen-bond acceptors (Lipinski definition) is 3. The standard InChI is InChI=1S/C7H15FN2O3Si/c1-6(14(8,12)13)2-4-10-5-3-9-7(10)11/h6,12-13H,2-5H2,1H3,(H,9,11). The molecular formula is C7H15FN2O3Si. The van der Waals surface area contributed by atoms with Crippen molar-refractivity contribution in [2.75, 3.05) is 19.6 Å². The molecule has 1 unspecified atom stereocenters. The van der Waals surface area contributed by atoms with Crippen molar-refractivity contribution in [1.29, 1.82) is 0 Å². The molecule has 0 aromatic carbocycles. The van der Waals surface area contributed by atoms with E-state index in [2.05, 4.69) is 5.32 Å². The van der Waals surface area contributed by atoms with E-state index in [-0.39, 0.29) is 12.5 Å². The highest BCUT2D eigenvalue weighted by Crippen LogP contribution is 2.21. The van der Waals surface area contributed by atoms with Gasteiger partial charge in [-0.15, -0.1) is 0 Å². The maximum atomic E-state index is 12.7. The van der Waals surface area contributed by atoms with Crippen molar-refractivity contribution in [2.24, 2.45) is 0 Å². The minimum Gasteiger partial charge on any atom is -0.387 e. The lowest BCUT2D eigenvalue weighted by Gasteiger charge is -2.19. The van der Waals surface area contributed by atoms with Gasteiger partial charge in [0.15, 0.2) is 0 Å². The van der Waals surface area contributed by atoms with Crippen LogP contribution < -0.4 is 5.32 Å². The Morgan fingerprint density at radius 2 is 2.36 bits per heavy atom. The molecule has 1 atom stereocenters. The number of urea groups is 1. The van der Waals surface area contributed by atoms with Gasteiger partial charge in [-0.25, -0.2) is 8.90 Å². The molecule has 1 rings (SSSR count). The smallest absolute Gasteiger partial charge is 0.387 e. The Morgan fingerprint density at radius 1 is 1.71 bits per heavy atom. The van der Waals surface area contributed by atoms with Crippen LogP contribution in [0.2, 0.25) is 5.54 Å². The third-order valence-corrected chi connectivity index (χ3v) is 3.95. The highest BCUT2D eigenvalue weighted by molar-refractivity contribution is 6.58. The van der Waals surface area contributed by atoms with E-state index in [4.69, 9.17) is 9.59 Å². The van der Waals surface area contributed by atoms with Crippen molar-refractivity contribution in [3.63, 3.8) is 0 Å². The van der Waals surface area contributed by atoms with Crippen molar-refractivity contribution in [3.05, 3.63) is 0 Å². The van der Waals surface area contributed by atoms with Crippen LogP contribution >= 0.6 is 0 Å². The van der Waals surface area contributed by atoms with E-state index < -0.39 is 14.4 Å². The number of amides is 2. The fraction of sp³-hybridized carbons (Fsp3) is 0.857. The van der Waals surface area contributed by atoms with E-state index in [1.165, 1.54) is 11.8 Å². The maximum absolute atomic E-state index is 12.7. The summed E-state index contributed by atoms with van der Waals surface area (Å²) in [5.41, 5.74) is -0.768. The topological polar surface area (TPSA) is 72.8 Å². The van der Waals surface area contributed by atoms with Gasteiger partial charge in [-0.2, -0.15) is 0 Å². The van der Waals surface area contributed by atoms with Crippen molar-refractivity contribution in [3.8, 4) is 0 Å². The van der Waals surface area contributed by atoms with Gasteiger partial charge in [0.2, 0.25) is 0 Å². The zero-order valence-corrected chi connectivity index (χ0v) is 9.03. The van der Waals surface area contributed by atoms with Gasteiger partial charge in [0.25, 0.3) is 0 Å². The first-order valence-corrected chi connectivity index (χ1v) is 6.42. The highest BCUT2D eigenvalue weighted by Gasteiger charge is 2.38. The molecule has 0 aromatic heterocycles. The predicted molar refractivity (Wildman–Crippen MR) is 50.3 cm³/mol. The SMILES string of the molecule is CC(CCN1CCNC1=O)[Si](O)(O)F. The summed E-state index contributed by atoms with van der Waals surface area (Å²) in [6.07, 6.45) is 0.281. The molecule has 0 spiro atoms. The summed E-state index contributed by atoms with van der Waals surface area (Å²) in [5.74, 6) is 0. The number of rotatable bonds is 4. The molecule has 1 heterocycles. The molecule has 82 valence electrons. The lowest BCUT2D eigenvalue weighted by Crippen LogP contribution is -2.37. The van der Waals surface area contributed by atoms with Crippen LogP contribution in [0.25, 0.3) is 0 Å². The number of halogens is 1. The molecule has 14 heavy (non-hydrogen) atoms. The minimum atomic E-state index is -4.51. The van der Waals surface area contributed by atoms with Gasteiger partial charge < -0.3 is 19.8 Å². The van der Waals surface area contributed by atoms with Gasteiger partial charge in [-0.05, 0) is 6.42 Å². The quantitative estimate of drug-likeness (QED) is 0.451. The Morgan fingerprint density at radius 3 is 2.79 bits per heavy atom. The summed E-state index contributed by atoms with van der Waals surface area (Å²) >= 11 is 0. The van der Waals surface area contributed by atoms with Crippen molar-refractivity contribution in [2.45, 2.75) is 18.9 Å². The minimum absolute atomic E-state index is 0.167. The second-order valence-corrected chi connectivity index (χ2v) is 5.80. The average molecular weight is 222 g/mol. The average Bonchev–Trinajstić information content (AvgIpc) is 2.45. The first-order valence-electron chi connectivity index (χ1n) is 4.57. The molecule has 0 saturated carbocycles. The van der Waals surface area contributed by atoms with Crippen LogP contribution in [-0.2, 0) is 0 Å². The van der Waals surface area contributed by atoms with Gasteiger partial charge in [0, 0.05) is 25.2 Å². The molecule has 0 radical (unpaired) electrons. The van der Waals surface area contributed by atoms with E-state index in [0.717, 1.165) is 0 Å².